The monoisotopic (exact) mass is 345 g/mol. The van der Waals surface area contributed by atoms with Gasteiger partial charge in [0.05, 0.1) is 13.7 Å². The number of halogens is 1. The summed E-state index contributed by atoms with van der Waals surface area (Å²) in [6, 6.07) is 6.41. The highest BCUT2D eigenvalue weighted by Crippen LogP contribution is 2.22. The molecule has 132 valence electrons. The van der Waals surface area contributed by atoms with Gasteiger partial charge in [-0.05, 0) is 38.1 Å². The van der Waals surface area contributed by atoms with E-state index in [9.17, 15) is 9.18 Å². The summed E-state index contributed by atoms with van der Waals surface area (Å²) >= 11 is 0. The second-order valence-corrected chi connectivity index (χ2v) is 6.06. The predicted molar refractivity (Wildman–Crippen MR) is 89.4 cm³/mol. The zero-order chi connectivity index (χ0) is 18.0. The number of carbonyl (C=O) groups is 1. The lowest BCUT2D eigenvalue weighted by Gasteiger charge is -2.17. The summed E-state index contributed by atoms with van der Waals surface area (Å²) in [5.41, 5.74) is 1.96. The van der Waals surface area contributed by atoms with Crippen LogP contribution in [0.25, 0.3) is 0 Å². The van der Waals surface area contributed by atoms with Gasteiger partial charge in [0.2, 0.25) is 0 Å². The number of methoxy groups -OCH3 is 1. The maximum Gasteiger partial charge on any atom is 0.317 e. The molecule has 2 heterocycles. The fraction of sp³-hybridized carbons (Fsp3) is 0.389. The number of hydrogen-bond acceptors (Lipinski definition) is 5. The number of likely N-dealkylation sites (tertiary alicyclic amines) is 1. The van der Waals surface area contributed by atoms with Gasteiger partial charge in [-0.1, -0.05) is 0 Å². The largest absolute Gasteiger partial charge is 0.494 e. The number of benzene rings is 1. The van der Waals surface area contributed by atoms with Crippen molar-refractivity contribution in [2.24, 2.45) is 0 Å². The van der Waals surface area contributed by atoms with E-state index in [1.165, 1.54) is 19.2 Å². The van der Waals surface area contributed by atoms with E-state index in [0.29, 0.717) is 31.1 Å². The predicted octanol–water partition coefficient (Wildman–Crippen LogP) is 2.53. The molecule has 0 N–H and O–H groups in total. The number of carbonyl (C=O) groups excluding carboxylic acids is 1. The number of ether oxygens (including phenoxy) is 2. The molecule has 25 heavy (non-hydrogen) atoms. The van der Waals surface area contributed by atoms with Crippen LogP contribution in [0.1, 0.15) is 28.2 Å². The van der Waals surface area contributed by atoms with E-state index in [0.717, 1.165) is 11.4 Å². The minimum absolute atomic E-state index is 0.117. The van der Waals surface area contributed by atoms with E-state index in [1.54, 1.807) is 11.0 Å². The van der Waals surface area contributed by atoms with Gasteiger partial charge in [-0.3, -0.25) is 4.79 Å². The third kappa shape index (κ3) is 3.87. The highest BCUT2D eigenvalue weighted by molar-refractivity contribution is 5.94. The molecular formula is C18H20FN3O3. The molecule has 2 aromatic rings. The Kier molecular flexibility index (Phi) is 4.83. The number of amides is 1. The average Bonchev–Trinajstić information content (AvgIpc) is 3.01. The second-order valence-electron chi connectivity index (χ2n) is 6.06. The van der Waals surface area contributed by atoms with Crippen molar-refractivity contribution in [1.29, 1.82) is 0 Å². The number of aromatic nitrogens is 2. The molecule has 1 saturated heterocycles. The topological polar surface area (TPSA) is 64.5 Å². The fourth-order valence-electron chi connectivity index (χ4n) is 2.89. The van der Waals surface area contributed by atoms with Crippen LogP contribution in [0.3, 0.4) is 0 Å². The van der Waals surface area contributed by atoms with Gasteiger partial charge >= 0.3 is 6.01 Å². The van der Waals surface area contributed by atoms with E-state index in [-0.39, 0.29) is 17.8 Å². The summed E-state index contributed by atoms with van der Waals surface area (Å²) in [7, 11) is 1.39. The average molecular weight is 345 g/mol. The highest BCUT2D eigenvalue weighted by atomic mass is 19.1. The van der Waals surface area contributed by atoms with E-state index < -0.39 is 5.82 Å². The summed E-state index contributed by atoms with van der Waals surface area (Å²) in [6.45, 7) is 4.72. The van der Waals surface area contributed by atoms with Gasteiger partial charge in [-0.2, -0.15) is 0 Å². The summed E-state index contributed by atoms with van der Waals surface area (Å²) in [4.78, 5) is 22.7. The number of hydrogen-bond donors (Lipinski definition) is 0. The molecule has 1 aromatic carbocycles. The second kappa shape index (κ2) is 7.04. The number of aryl methyl sites for hydroxylation is 2. The molecule has 1 amide bonds. The molecule has 0 unspecified atom stereocenters. The molecule has 0 bridgehead atoms. The summed E-state index contributed by atoms with van der Waals surface area (Å²) in [6.07, 6.45) is 0.508. The van der Waals surface area contributed by atoms with Gasteiger partial charge in [-0.15, -0.1) is 0 Å². The van der Waals surface area contributed by atoms with Crippen LogP contribution in [-0.4, -0.2) is 47.1 Å². The summed E-state index contributed by atoms with van der Waals surface area (Å²) < 4.78 is 24.5. The van der Waals surface area contributed by atoms with E-state index in [1.807, 2.05) is 19.9 Å². The quantitative estimate of drug-likeness (QED) is 0.852. The minimum Gasteiger partial charge on any atom is -0.494 e. The lowest BCUT2D eigenvalue weighted by atomic mass is 10.2. The molecule has 0 saturated carbocycles. The first-order chi connectivity index (χ1) is 12.0. The molecule has 1 aromatic heterocycles. The summed E-state index contributed by atoms with van der Waals surface area (Å²) in [5, 5.41) is 0. The molecule has 1 aliphatic rings. The van der Waals surface area contributed by atoms with Crippen LogP contribution in [0.4, 0.5) is 4.39 Å². The summed E-state index contributed by atoms with van der Waals surface area (Å²) in [5.74, 6) is -0.663. The lowest BCUT2D eigenvalue weighted by Crippen LogP contribution is -2.31. The Balaban J connectivity index is 1.65. The van der Waals surface area contributed by atoms with E-state index >= 15 is 0 Å². The zero-order valence-corrected chi connectivity index (χ0v) is 14.5. The molecule has 0 aliphatic carbocycles. The number of nitrogens with zero attached hydrogens (tertiary/aromatic N) is 3. The van der Waals surface area contributed by atoms with Gasteiger partial charge in [0, 0.05) is 29.9 Å². The Labute approximate surface area is 145 Å². The van der Waals surface area contributed by atoms with Crippen molar-refractivity contribution < 1.29 is 18.7 Å². The van der Waals surface area contributed by atoms with Gasteiger partial charge in [0.25, 0.3) is 5.91 Å². The Hall–Kier alpha value is -2.70. The Morgan fingerprint density at radius 2 is 1.96 bits per heavy atom. The molecule has 3 rings (SSSR count). The maximum absolute atomic E-state index is 13.8. The van der Waals surface area contributed by atoms with Crippen molar-refractivity contribution in [3.05, 3.63) is 47.0 Å². The molecule has 1 atom stereocenters. The van der Waals surface area contributed by atoms with Gasteiger partial charge in [0.1, 0.15) is 6.10 Å². The normalized spacial score (nSPS) is 16.8. The van der Waals surface area contributed by atoms with Crippen LogP contribution in [0.5, 0.6) is 11.8 Å². The van der Waals surface area contributed by atoms with Gasteiger partial charge in [0.15, 0.2) is 11.6 Å². The molecule has 0 radical (unpaired) electrons. The first-order valence-corrected chi connectivity index (χ1v) is 8.08. The van der Waals surface area contributed by atoms with Gasteiger partial charge < -0.3 is 14.4 Å². The minimum atomic E-state index is -0.552. The zero-order valence-electron chi connectivity index (χ0n) is 14.5. The Morgan fingerprint density at radius 1 is 1.24 bits per heavy atom. The van der Waals surface area contributed by atoms with Crippen LogP contribution in [0, 0.1) is 19.7 Å². The lowest BCUT2D eigenvalue weighted by molar-refractivity contribution is 0.0769. The van der Waals surface area contributed by atoms with Crippen molar-refractivity contribution in [3.8, 4) is 11.8 Å². The molecule has 6 nitrogen and oxygen atoms in total. The third-order valence-corrected chi connectivity index (χ3v) is 4.06. The van der Waals surface area contributed by atoms with Crippen LogP contribution in [-0.2, 0) is 0 Å². The molecule has 7 heteroatoms. The van der Waals surface area contributed by atoms with E-state index in [2.05, 4.69) is 9.97 Å². The molecule has 0 spiro atoms. The third-order valence-electron chi connectivity index (χ3n) is 4.06. The Morgan fingerprint density at radius 3 is 2.60 bits per heavy atom. The SMILES string of the molecule is COc1ccc(C(=O)N2CC[C@H](Oc3nc(C)cc(C)n3)C2)cc1F. The fourth-order valence-corrected chi connectivity index (χ4v) is 2.89. The number of rotatable bonds is 4. The van der Waals surface area contributed by atoms with Crippen molar-refractivity contribution in [3.63, 3.8) is 0 Å². The molecular weight excluding hydrogens is 325 g/mol. The first kappa shape index (κ1) is 17.1. The van der Waals surface area contributed by atoms with Crippen LogP contribution >= 0.6 is 0 Å². The van der Waals surface area contributed by atoms with Crippen molar-refractivity contribution >= 4 is 5.91 Å². The highest BCUT2D eigenvalue weighted by Gasteiger charge is 2.29. The first-order valence-electron chi connectivity index (χ1n) is 8.08. The molecule has 1 aliphatic heterocycles. The van der Waals surface area contributed by atoms with Crippen LogP contribution in [0.15, 0.2) is 24.3 Å². The standard InChI is InChI=1S/C18H20FN3O3/c1-11-8-12(2)21-18(20-11)25-14-6-7-22(10-14)17(23)13-4-5-16(24-3)15(19)9-13/h4-5,8-9,14H,6-7,10H2,1-3H3/t14-/m0/s1. The smallest absolute Gasteiger partial charge is 0.317 e. The maximum atomic E-state index is 13.8. The van der Waals surface area contributed by atoms with Crippen molar-refractivity contribution in [1.82, 2.24) is 14.9 Å². The molecule has 1 fully saturated rings. The van der Waals surface area contributed by atoms with Crippen LogP contribution < -0.4 is 9.47 Å². The van der Waals surface area contributed by atoms with Crippen molar-refractivity contribution in [2.75, 3.05) is 20.2 Å². The van der Waals surface area contributed by atoms with E-state index in [4.69, 9.17) is 9.47 Å². The van der Waals surface area contributed by atoms with Crippen LogP contribution in [0.2, 0.25) is 0 Å². The van der Waals surface area contributed by atoms with Gasteiger partial charge in [-0.25, -0.2) is 14.4 Å². The Bertz CT molecular complexity index is 777. The van der Waals surface area contributed by atoms with Crippen molar-refractivity contribution in [2.45, 2.75) is 26.4 Å².